The number of anilines is 1. The van der Waals surface area contributed by atoms with E-state index in [0.717, 1.165) is 11.6 Å². The Balaban J connectivity index is 1.75. The summed E-state index contributed by atoms with van der Waals surface area (Å²) >= 11 is 0. The van der Waals surface area contributed by atoms with E-state index in [1.807, 2.05) is 30.3 Å². The zero-order valence-electron chi connectivity index (χ0n) is 15.3. The van der Waals surface area contributed by atoms with Crippen LogP contribution in [0.25, 0.3) is 0 Å². The lowest BCUT2D eigenvalue weighted by Gasteiger charge is -2.17. The highest BCUT2D eigenvalue weighted by atomic mass is 19.2. The Kier molecular flexibility index (Phi) is 5.92. The molecule has 3 rings (SSSR count). The molecule has 2 aromatic carbocycles. The molecule has 0 aliphatic rings. The Morgan fingerprint density at radius 1 is 1.00 bits per heavy atom. The number of hydrogen-bond acceptors (Lipinski definition) is 3. The number of rotatable bonds is 5. The predicted molar refractivity (Wildman–Crippen MR) is 101 cm³/mol. The van der Waals surface area contributed by atoms with Gasteiger partial charge in [-0.1, -0.05) is 30.3 Å². The van der Waals surface area contributed by atoms with Gasteiger partial charge in [0, 0.05) is 25.4 Å². The fraction of sp³-hybridized carbons (Fsp3) is 0.0952. The monoisotopic (exact) mass is 399 g/mol. The molecular weight excluding hydrogens is 383 g/mol. The fourth-order valence-corrected chi connectivity index (χ4v) is 2.63. The molecule has 0 saturated carbocycles. The van der Waals surface area contributed by atoms with Crippen molar-refractivity contribution in [2.75, 3.05) is 12.4 Å². The molecule has 0 unspecified atom stereocenters. The van der Waals surface area contributed by atoms with Gasteiger partial charge in [-0.05, 0) is 29.8 Å². The fourth-order valence-electron chi connectivity index (χ4n) is 2.63. The molecule has 0 spiro atoms. The van der Waals surface area contributed by atoms with E-state index >= 15 is 0 Å². The molecule has 0 atom stereocenters. The number of nitrogens with zero attached hydrogens (tertiary/aromatic N) is 2. The molecule has 5 nitrogen and oxygen atoms in total. The second-order valence-corrected chi connectivity index (χ2v) is 6.25. The first-order valence-corrected chi connectivity index (χ1v) is 8.57. The minimum Gasteiger partial charge on any atom is -0.336 e. The van der Waals surface area contributed by atoms with Crippen LogP contribution in [0, 0.1) is 17.5 Å². The summed E-state index contributed by atoms with van der Waals surface area (Å²) < 4.78 is 40.1. The molecule has 2 amide bonds. The van der Waals surface area contributed by atoms with E-state index in [1.54, 1.807) is 7.05 Å². The van der Waals surface area contributed by atoms with E-state index in [-0.39, 0.29) is 11.3 Å². The molecule has 0 aliphatic carbocycles. The lowest BCUT2D eigenvalue weighted by molar-refractivity contribution is 0.0779. The number of halogens is 3. The van der Waals surface area contributed by atoms with Crippen molar-refractivity contribution in [1.29, 1.82) is 0 Å². The maximum Gasteiger partial charge on any atom is 0.272 e. The van der Waals surface area contributed by atoms with Crippen molar-refractivity contribution < 1.29 is 22.8 Å². The molecule has 148 valence electrons. The van der Waals surface area contributed by atoms with Gasteiger partial charge in [0.15, 0.2) is 17.5 Å². The van der Waals surface area contributed by atoms with Gasteiger partial charge in [0.2, 0.25) is 0 Å². The van der Waals surface area contributed by atoms with Gasteiger partial charge in [0.1, 0.15) is 5.69 Å². The first-order valence-electron chi connectivity index (χ1n) is 8.57. The maximum atomic E-state index is 13.8. The van der Waals surface area contributed by atoms with Gasteiger partial charge >= 0.3 is 0 Å². The topological polar surface area (TPSA) is 62.3 Å². The molecule has 1 aromatic heterocycles. The number of carbonyl (C=O) groups is 2. The number of carbonyl (C=O) groups excluding carboxylic acids is 2. The molecular formula is C21H16F3N3O2. The van der Waals surface area contributed by atoms with E-state index in [9.17, 15) is 22.8 Å². The normalized spacial score (nSPS) is 10.5. The van der Waals surface area contributed by atoms with E-state index in [2.05, 4.69) is 10.3 Å². The third-order valence-electron chi connectivity index (χ3n) is 4.13. The highest BCUT2D eigenvalue weighted by Crippen LogP contribution is 2.20. The summed E-state index contributed by atoms with van der Waals surface area (Å²) in [5.41, 5.74) is 0.438. The van der Waals surface area contributed by atoms with E-state index in [0.29, 0.717) is 12.6 Å². The predicted octanol–water partition coefficient (Wildman–Crippen LogP) is 4.02. The Morgan fingerprint density at radius 3 is 2.45 bits per heavy atom. The Morgan fingerprint density at radius 2 is 1.72 bits per heavy atom. The van der Waals surface area contributed by atoms with Gasteiger partial charge in [-0.25, -0.2) is 13.2 Å². The molecule has 8 heteroatoms. The first-order chi connectivity index (χ1) is 13.9. The second kappa shape index (κ2) is 8.55. The largest absolute Gasteiger partial charge is 0.336 e. The smallest absolute Gasteiger partial charge is 0.272 e. The van der Waals surface area contributed by atoms with Crippen LogP contribution in [0.15, 0.2) is 60.8 Å². The number of nitrogens with one attached hydrogen (secondary N) is 1. The minimum absolute atomic E-state index is 0.0144. The average Bonchev–Trinajstić information content (AvgIpc) is 2.74. The van der Waals surface area contributed by atoms with Crippen molar-refractivity contribution in [3.8, 4) is 0 Å². The zero-order chi connectivity index (χ0) is 21.0. The SMILES string of the molecule is CN(Cc1ccccc1)C(=O)c1cc(C(=O)Nc2ccc(F)c(F)c2F)ccn1. The minimum atomic E-state index is -1.68. The molecule has 29 heavy (non-hydrogen) atoms. The summed E-state index contributed by atoms with van der Waals surface area (Å²) in [5.74, 6) is -5.76. The molecule has 0 bridgehead atoms. The Hall–Kier alpha value is -3.68. The molecule has 0 radical (unpaired) electrons. The van der Waals surface area contributed by atoms with Crippen molar-refractivity contribution >= 4 is 17.5 Å². The molecule has 0 fully saturated rings. The van der Waals surface area contributed by atoms with Crippen LogP contribution in [0.4, 0.5) is 18.9 Å². The van der Waals surface area contributed by atoms with Crippen LogP contribution in [0.3, 0.4) is 0 Å². The molecule has 0 aliphatic heterocycles. The van der Waals surface area contributed by atoms with Crippen molar-refractivity contribution in [1.82, 2.24) is 9.88 Å². The number of hydrogen-bond donors (Lipinski definition) is 1. The van der Waals surface area contributed by atoms with Crippen molar-refractivity contribution in [2.24, 2.45) is 0 Å². The van der Waals surface area contributed by atoms with E-state index < -0.39 is 35.0 Å². The highest BCUT2D eigenvalue weighted by molar-refractivity contribution is 6.05. The van der Waals surface area contributed by atoms with Crippen LogP contribution in [0.2, 0.25) is 0 Å². The number of pyridine rings is 1. The van der Waals surface area contributed by atoms with Crippen LogP contribution in [-0.2, 0) is 6.54 Å². The van der Waals surface area contributed by atoms with Crippen molar-refractivity contribution in [3.05, 3.63) is 95.1 Å². The van der Waals surface area contributed by atoms with Gasteiger partial charge in [0.25, 0.3) is 11.8 Å². The van der Waals surface area contributed by atoms with Gasteiger partial charge in [-0.2, -0.15) is 0 Å². The second-order valence-electron chi connectivity index (χ2n) is 6.25. The summed E-state index contributed by atoms with van der Waals surface area (Å²) in [6.07, 6.45) is 1.26. The molecule has 1 N–H and O–H groups in total. The summed E-state index contributed by atoms with van der Waals surface area (Å²) in [4.78, 5) is 30.4. The summed E-state index contributed by atoms with van der Waals surface area (Å²) in [6.45, 7) is 0.345. The van der Waals surface area contributed by atoms with Crippen LogP contribution >= 0.6 is 0 Å². The van der Waals surface area contributed by atoms with Gasteiger partial charge in [0.05, 0.1) is 5.69 Å². The standard InChI is InChI=1S/C21H16F3N3O2/c1-27(12-13-5-3-2-4-6-13)21(29)17-11-14(9-10-25-17)20(28)26-16-8-7-15(22)18(23)19(16)24/h2-11H,12H2,1H3,(H,26,28). The highest BCUT2D eigenvalue weighted by Gasteiger charge is 2.18. The van der Waals surface area contributed by atoms with Crippen LogP contribution < -0.4 is 5.32 Å². The van der Waals surface area contributed by atoms with E-state index in [1.165, 1.54) is 23.2 Å². The third kappa shape index (κ3) is 4.60. The number of aromatic nitrogens is 1. The number of amides is 2. The van der Waals surface area contributed by atoms with Crippen LogP contribution in [-0.4, -0.2) is 28.7 Å². The summed E-state index contributed by atoms with van der Waals surface area (Å²) in [5, 5.41) is 2.16. The lowest BCUT2D eigenvalue weighted by Crippen LogP contribution is -2.27. The van der Waals surface area contributed by atoms with Crippen molar-refractivity contribution in [2.45, 2.75) is 6.54 Å². The van der Waals surface area contributed by atoms with Gasteiger partial charge in [-0.3, -0.25) is 14.6 Å². The summed E-state index contributed by atoms with van der Waals surface area (Å²) in [7, 11) is 1.60. The van der Waals surface area contributed by atoms with Crippen molar-refractivity contribution in [3.63, 3.8) is 0 Å². The third-order valence-corrected chi connectivity index (χ3v) is 4.13. The van der Waals surface area contributed by atoms with Gasteiger partial charge < -0.3 is 10.2 Å². The lowest BCUT2D eigenvalue weighted by atomic mass is 10.1. The quantitative estimate of drug-likeness (QED) is 0.659. The average molecular weight is 399 g/mol. The molecule has 3 aromatic rings. The Labute approximate surface area is 164 Å². The van der Waals surface area contributed by atoms with E-state index in [4.69, 9.17) is 0 Å². The van der Waals surface area contributed by atoms with Gasteiger partial charge in [-0.15, -0.1) is 0 Å². The number of benzene rings is 2. The van der Waals surface area contributed by atoms with Crippen LogP contribution in [0.5, 0.6) is 0 Å². The molecule has 1 heterocycles. The summed E-state index contributed by atoms with van der Waals surface area (Å²) in [6, 6.07) is 13.5. The molecule has 0 saturated heterocycles. The first kappa shape index (κ1) is 20.1. The Bertz CT molecular complexity index is 1060. The maximum absolute atomic E-state index is 13.8. The van der Waals surface area contributed by atoms with Crippen LogP contribution in [0.1, 0.15) is 26.4 Å². The zero-order valence-corrected chi connectivity index (χ0v) is 15.3.